The predicted octanol–water partition coefficient (Wildman–Crippen LogP) is 3.94. The highest BCUT2D eigenvalue weighted by atomic mass is 35.5. The zero-order valence-corrected chi connectivity index (χ0v) is 18.8. The summed E-state index contributed by atoms with van der Waals surface area (Å²) in [5.41, 5.74) is 2.18. The fourth-order valence-electron chi connectivity index (χ4n) is 2.98. The predicted molar refractivity (Wildman–Crippen MR) is 127 cm³/mol. The van der Waals surface area contributed by atoms with Gasteiger partial charge in [-0.1, -0.05) is 54.1 Å². The van der Waals surface area contributed by atoms with Crippen LogP contribution in [0.5, 0.6) is 0 Å². The summed E-state index contributed by atoms with van der Waals surface area (Å²) in [4.78, 5) is 25.4. The fraction of sp³-hybridized carbons (Fsp3) is 0.130. The van der Waals surface area contributed by atoms with Crippen molar-refractivity contribution >= 4 is 44.8 Å². The van der Waals surface area contributed by atoms with Crippen LogP contribution in [0.15, 0.2) is 72.8 Å². The third-order valence-corrected chi connectivity index (χ3v) is 5.39. The summed E-state index contributed by atoms with van der Waals surface area (Å²) in [5, 5.41) is 5.66. The molecule has 0 aliphatic heterocycles. The zero-order chi connectivity index (χ0) is 23.1. The molecule has 0 heterocycles. The minimum atomic E-state index is -3.50. The van der Waals surface area contributed by atoms with Crippen molar-refractivity contribution < 1.29 is 18.0 Å². The number of halogens is 1. The summed E-state index contributed by atoms with van der Waals surface area (Å²) in [6, 6.07) is 20.7. The first-order valence-corrected chi connectivity index (χ1v) is 12.0. The van der Waals surface area contributed by atoms with Gasteiger partial charge in [-0.2, -0.15) is 0 Å². The largest absolute Gasteiger partial charge is 0.352 e. The molecule has 3 aromatic carbocycles. The normalized spacial score (nSPS) is 10.9. The molecule has 3 aromatic rings. The molecule has 0 aromatic heterocycles. The van der Waals surface area contributed by atoms with E-state index in [0.717, 1.165) is 11.8 Å². The van der Waals surface area contributed by atoms with Crippen LogP contribution in [0.25, 0.3) is 0 Å². The van der Waals surface area contributed by atoms with Crippen LogP contribution in [0.4, 0.5) is 11.4 Å². The van der Waals surface area contributed by atoms with Crippen molar-refractivity contribution in [2.45, 2.75) is 6.42 Å². The number of sulfonamides is 1. The number of amides is 2. The first kappa shape index (κ1) is 23.3. The molecule has 0 radical (unpaired) electrons. The van der Waals surface area contributed by atoms with Gasteiger partial charge in [0, 0.05) is 12.1 Å². The molecule has 0 aliphatic rings. The number of nitrogens with one attached hydrogen (secondary N) is 3. The van der Waals surface area contributed by atoms with E-state index >= 15 is 0 Å². The molecule has 0 saturated carbocycles. The van der Waals surface area contributed by atoms with Gasteiger partial charge < -0.3 is 10.6 Å². The average molecular weight is 472 g/mol. The van der Waals surface area contributed by atoms with Crippen molar-refractivity contribution in [3.63, 3.8) is 0 Å². The fourth-order valence-corrected chi connectivity index (χ4v) is 3.85. The maximum absolute atomic E-state index is 12.7. The highest BCUT2D eigenvalue weighted by Crippen LogP contribution is 2.25. The van der Waals surface area contributed by atoms with E-state index in [2.05, 4.69) is 15.4 Å². The van der Waals surface area contributed by atoms with Crippen LogP contribution in [-0.4, -0.2) is 33.0 Å². The molecule has 166 valence electrons. The highest BCUT2D eigenvalue weighted by molar-refractivity contribution is 7.92. The average Bonchev–Trinajstić information content (AvgIpc) is 2.75. The molecule has 3 rings (SSSR count). The topological polar surface area (TPSA) is 104 Å². The summed E-state index contributed by atoms with van der Waals surface area (Å²) in [6.07, 6.45) is 1.69. The third kappa shape index (κ3) is 6.57. The summed E-state index contributed by atoms with van der Waals surface area (Å²) < 4.78 is 25.0. The number of hydrogen-bond acceptors (Lipinski definition) is 4. The molecular weight excluding hydrogens is 450 g/mol. The number of hydrogen-bond donors (Lipinski definition) is 3. The molecule has 0 saturated heterocycles. The summed E-state index contributed by atoms with van der Waals surface area (Å²) in [7, 11) is -3.50. The van der Waals surface area contributed by atoms with Crippen LogP contribution in [-0.2, 0) is 16.4 Å². The van der Waals surface area contributed by atoms with Crippen molar-refractivity contribution in [3.8, 4) is 0 Å². The summed E-state index contributed by atoms with van der Waals surface area (Å²) >= 11 is 6.10. The van der Waals surface area contributed by atoms with Gasteiger partial charge in [0.15, 0.2) is 0 Å². The number of carbonyl (C=O) groups is 2. The lowest BCUT2D eigenvalue weighted by atomic mass is 10.1. The number of rotatable bonds is 8. The first-order valence-electron chi connectivity index (χ1n) is 9.73. The molecule has 0 spiro atoms. The van der Waals surface area contributed by atoms with Crippen molar-refractivity contribution in [3.05, 3.63) is 94.5 Å². The Kier molecular flexibility index (Phi) is 7.50. The number of carbonyl (C=O) groups excluding carboxylic acids is 2. The van der Waals surface area contributed by atoms with E-state index in [1.807, 2.05) is 30.3 Å². The summed E-state index contributed by atoms with van der Waals surface area (Å²) in [6.45, 7) is 0.454. The Morgan fingerprint density at radius 3 is 2.25 bits per heavy atom. The second kappa shape index (κ2) is 10.3. The van der Waals surface area contributed by atoms with Gasteiger partial charge in [0.1, 0.15) is 0 Å². The monoisotopic (exact) mass is 471 g/mol. The van der Waals surface area contributed by atoms with Gasteiger partial charge in [-0.15, -0.1) is 0 Å². The van der Waals surface area contributed by atoms with Crippen molar-refractivity contribution in [1.29, 1.82) is 0 Å². The van der Waals surface area contributed by atoms with Gasteiger partial charge in [-0.3, -0.25) is 14.3 Å². The standard InChI is InChI=1S/C23H22ClN3O4S/c1-32(30,31)27-21-12-11-17(15-19(21)24)22(28)26-20-10-6-5-9-18(20)23(29)25-14-13-16-7-3-2-4-8-16/h2-12,15,27H,13-14H2,1H3,(H,25,29)(H,26,28). The van der Waals surface area contributed by atoms with Crippen LogP contribution >= 0.6 is 11.6 Å². The van der Waals surface area contributed by atoms with Crippen molar-refractivity contribution in [1.82, 2.24) is 5.32 Å². The Hall–Kier alpha value is -3.36. The number of benzene rings is 3. The minimum Gasteiger partial charge on any atom is -0.352 e. The third-order valence-electron chi connectivity index (χ3n) is 4.49. The van der Waals surface area contributed by atoms with Crippen LogP contribution < -0.4 is 15.4 Å². The molecule has 3 N–H and O–H groups in total. The second-order valence-electron chi connectivity index (χ2n) is 7.06. The van der Waals surface area contributed by atoms with E-state index < -0.39 is 15.9 Å². The van der Waals surface area contributed by atoms with Gasteiger partial charge in [-0.05, 0) is 42.3 Å². The van der Waals surface area contributed by atoms with Gasteiger partial charge in [-0.25, -0.2) is 8.42 Å². The highest BCUT2D eigenvalue weighted by Gasteiger charge is 2.15. The lowest BCUT2D eigenvalue weighted by Gasteiger charge is -2.12. The SMILES string of the molecule is CS(=O)(=O)Nc1ccc(C(=O)Nc2ccccc2C(=O)NCCc2ccccc2)cc1Cl. The van der Waals surface area contributed by atoms with Crippen LogP contribution in [0.1, 0.15) is 26.3 Å². The van der Waals surface area contributed by atoms with E-state index in [-0.39, 0.29) is 22.2 Å². The lowest BCUT2D eigenvalue weighted by Crippen LogP contribution is -2.27. The Labute approximate surface area is 191 Å². The zero-order valence-electron chi connectivity index (χ0n) is 17.3. The van der Waals surface area contributed by atoms with Gasteiger partial charge in [0.25, 0.3) is 11.8 Å². The Morgan fingerprint density at radius 1 is 0.875 bits per heavy atom. The quantitative estimate of drug-likeness (QED) is 0.463. The van der Waals surface area contributed by atoms with E-state index in [4.69, 9.17) is 11.6 Å². The first-order chi connectivity index (χ1) is 15.2. The smallest absolute Gasteiger partial charge is 0.255 e. The molecule has 7 nitrogen and oxygen atoms in total. The maximum Gasteiger partial charge on any atom is 0.255 e. The number of anilines is 2. The van der Waals surface area contributed by atoms with Gasteiger partial charge in [0.2, 0.25) is 10.0 Å². The molecule has 2 amide bonds. The van der Waals surface area contributed by atoms with Gasteiger partial charge >= 0.3 is 0 Å². The van der Waals surface area contributed by atoms with Gasteiger partial charge in [0.05, 0.1) is 28.2 Å². The van der Waals surface area contributed by atoms with Crippen LogP contribution in [0, 0.1) is 0 Å². The second-order valence-corrected chi connectivity index (χ2v) is 9.22. The van der Waals surface area contributed by atoms with E-state index in [0.29, 0.717) is 24.2 Å². The Morgan fingerprint density at radius 2 is 1.56 bits per heavy atom. The van der Waals surface area contributed by atoms with E-state index in [1.165, 1.54) is 18.2 Å². The molecule has 0 atom stereocenters. The van der Waals surface area contributed by atoms with Crippen molar-refractivity contribution in [2.75, 3.05) is 22.8 Å². The van der Waals surface area contributed by atoms with Crippen molar-refractivity contribution in [2.24, 2.45) is 0 Å². The molecule has 0 aliphatic carbocycles. The Bertz CT molecular complexity index is 1230. The number of para-hydroxylation sites is 1. The lowest BCUT2D eigenvalue weighted by molar-refractivity contribution is 0.0955. The van der Waals surface area contributed by atoms with E-state index in [1.54, 1.807) is 24.3 Å². The van der Waals surface area contributed by atoms with E-state index in [9.17, 15) is 18.0 Å². The van der Waals surface area contributed by atoms with Crippen LogP contribution in [0.3, 0.4) is 0 Å². The molecule has 9 heteroatoms. The maximum atomic E-state index is 12.7. The molecule has 0 fully saturated rings. The summed E-state index contributed by atoms with van der Waals surface area (Å²) in [5.74, 6) is -0.787. The minimum absolute atomic E-state index is 0.0787. The Balaban J connectivity index is 1.68. The molecule has 0 unspecified atom stereocenters. The molecule has 0 bridgehead atoms. The molecule has 32 heavy (non-hydrogen) atoms. The molecular formula is C23H22ClN3O4S. The van der Waals surface area contributed by atoms with Crippen LogP contribution in [0.2, 0.25) is 5.02 Å².